The molecular weight excluding hydrogens is 454 g/mol. The lowest BCUT2D eigenvalue weighted by atomic mass is 9.75. The Labute approximate surface area is 203 Å². The second kappa shape index (κ2) is 7.06. The molecule has 34 heavy (non-hydrogen) atoms. The highest BCUT2D eigenvalue weighted by Crippen LogP contribution is 2.61. The lowest BCUT2D eigenvalue weighted by Gasteiger charge is -2.37. The minimum Gasteiger partial charge on any atom is -0.495 e. The zero-order valence-corrected chi connectivity index (χ0v) is 20.3. The Bertz CT molecular complexity index is 1310. The van der Waals surface area contributed by atoms with Gasteiger partial charge in [-0.1, -0.05) is 29.3 Å². The summed E-state index contributed by atoms with van der Waals surface area (Å²) >= 11 is 6.29. The molecule has 3 amide bonds. The number of nitrogens with zero attached hydrogens (tertiary/aromatic N) is 2. The summed E-state index contributed by atoms with van der Waals surface area (Å²) in [6.45, 7) is 6.46. The van der Waals surface area contributed by atoms with E-state index >= 15 is 0 Å². The zero-order chi connectivity index (χ0) is 24.1. The zero-order valence-electron chi connectivity index (χ0n) is 19.6. The Morgan fingerprint density at radius 2 is 1.82 bits per heavy atom. The standard InChI is InChI=1S/C26H26ClN3O4/c1-12-8-14(3)22-15(9-12)26(25(33)28-22)21-20(17-6-5-7-29(17)26)23(31)30(24(21)32)18-10-13(2)16(27)11-19(18)34-4/h8-11,17,20-21H,5-7H2,1-4H3,(H,28,33)/t17-,20-,21+,26-/m1/s1. The van der Waals surface area contributed by atoms with E-state index in [9.17, 15) is 14.4 Å². The quantitative estimate of drug-likeness (QED) is 0.664. The van der Waals surface area contributed by atoms with Gasteiger partial charge in [0.2, 0.25) is 17.7 Å². The lowest BCUT2D eigenvalue weighted by Crippen LogP contribution is -2.54. The molecule has 0 saturated carbocycles. The molecule has 6 rings (SSSR count). The van der Waals surface area contributed by atoms with Gasteiger partial charge in [-0.2, -0.15) is 0 Å². The normalized spacial score (nSPS) is 29.6. The molecule has 7 nitrogen and oxygen atoms in total. The number of imide groups is 1. The molecule has 176 valence electrons. The Kier molecular flexibility index (Phi) is 4.49. The first-order valence-electron chi connectivity index (χ1n) is 11.6. The summed E-state index contributed by atoms with van der Waals surface area (Å²) in [5.74, 6) is -1.86. The average molecular weight is 480 g/mol. The summed E-state index contributed by atoms with van der Waals surface area (Å²) in [4.78, 5) is 45.4. The van der Waals surface area contributed by atoms with E-state index in [0.29, 0.717) is 23.0 Å². The number of methoxy groups -OCH3 is 1. The largest absolute Gasteiger partial charge is 0.495 e. The van der Waals surface area contributed by atoms with Crippen molar-refractivity contribution in [3.8, 4) is 5.75 Å². The molecule has 0 unspecified atom stereocenters. The van der Waals surface area contributed by atoms with Crippen molar-refractivity contribution in [2.75, 3.05) is 23.9 Å². The molecule has 4 heterocycles. The fourth-order valence-corrected chi connectivity index (χ4v) is 7.04. The molecule has 0 bridgehead atoms. The van der Waals surface area contributed by atoms with Gasteiger partial charge in [-0.15, -0.1) is 0 Å². The first kappa shape index (κ1) is 21.6. The number of anilines is 2. The number of hydrogen-bond acceptors (Lipinski definition) is 5. The molecule has 4 atom stereocenters. The second-order valence-electron chi connectivity index (χ2n) is 9.92. The summed E-state index contributed by atoms with van der Waals surface area (Å²) in [5.41, 5.74) is 3.50. The number of nitrogens with one attached hydrogen (secondary N) is 1. The minimum absolute atomic E-state index is 0.164. The van der Waals surface area contributed by atoms with Crippen molar-refractivity contribution in [3.63, 3.8) is 0 Å². The highest BCUT2D eigenvalue weighted by molar-refractivity contribution is 6.32. The third kappa shape index (κ3) is 2.44. The van der Waals surface area contributed by atoms with E-state index in [4.69, 9.17) is 16.3 Å². The van der Waals surface area contributed by atoms with E-state index in [0.717, 1.165) is 40.8 Å². The predicted molar refractivity (Wildman–Crippen MR) is 128 cm³/mol. The third-order valence-corrected chi connectivity index (χ3v) is 8.55. The molecule has 1 N–H and O–H groups in total. The van der Waals surface area contributed by atoms with Crippen LogP contribution >= 0.6 is 11.6 Å². The number of hydrogen-bond donors (Lipinski definition) is 1. The van der Waals surface area contributed by atoms with Gasteiger partial charge in [0.15, 0.2) is 0 Å². The van der Waals surface area contributed by atoms with Crippen molar-refractivity contribution in [2.24, 2.45) is 11.8 Å². The third-order valence-electron chi connectivity index (χ3n) is 8.14. The van der Waals surface area contributed by atoms with E-state index in [1.165, 1.54) is 12.0 Å². The molecule has 1 spiro atoms. The second-order valence-corrected chi connectivity index (χ2v) is 10.3. The van der Waals surface area contributed by atoms with Crippen LogP contribution in [0.15, 0.2) is 24.3 Å². The van der Waals surface area contributed by atoms with Gasteiger partial charge in [-0.25, -0.2) is 4.90 Å². The van der Waals surface area contributed by atoms with Crippen molar-refractivity contribution in [1.29, 1.82) is 0 Å². The summed E-state index contributed by atoms with van der Waals surface area (Å²) in [7, 11) is 1.49. The lowest BCUT2D eigenvalue weighted by molar-refractivity contribution is -0.135. The number of carbonyl (C=O) groups is 3. The number of carbonyl (C=O) groups excluding carboxylic acids is 3. The fraction of sp³-hybridized carbons (Fsp3) is 0.423. The number of aryl methyl sites for hydroxylation is 3. The van der Waals surface area contributed by atoms with E-state index < -0.39 is 17.4 Å². The number of rotatable bonds is 2. The Hall–Kier alpha value is -2.90. The number of fused-ring (bicyclic) bond motifs is 7. The maximum atomic E-state index is 14.2. The molecule has 3 saturated heterocycles. The van der Waals surface area contributed by atoms with Gasteiger partial charge in [0.1, 0.15) is 11.3 Å². The van der Waals surface area contributed by atoms with Gasteiger partial charge >= 0.3 is 0 Å². The maximum absolute atomic E-state index is 14.2. The first-order valence-corrected chi connectivity index (χ1v) is 12.0. The van der Waals surface area contributed by atoms with Gasteiger partial charge in [-0.05, 0) is 57.4 Å². The molecule has 2 aromatic rings. The van der Waals surface area contributed by atoms with Crippen LogP contribution in [0.1, 0.15) is 35.1 Å². The molecule has 0 aliphatic carbocycles. The maximum Gasteiger partial charge on any atom is 0.250 e. The van der Waals surface area contributed by atoms with Crippen molar-refractivity contribution < 1.29 is 19.1 Å². The van der Waals surface area contributed by atoms with Crippen molar-refractivity contribution >= 4 is 40.7 Å². The summed E-state index contributed by atoms with van der Waals surface area (Å²) < 4.78 is 5.50. The summed E-state index contributed by atoms with van der Waals surface area (Å²) in [5, 5.41) is 3.57. The van der Waals surface area contributed by atoms with E-state index in [2.05, 4.69) is 10.2 Å². The van der Waals surface area contributed by atoms with Gasteiger partial charge < -0.3 is 10.1 Å². The molecule has 2 aromatic carbocycles. The highest BCUT2D eigenvalue weighted by atomic mass is 35.5. The van der Waals surface area contributed by atoms with E-state index in [-0.39, 0.29) is 23.8 Å². The van der Waals surface area contributed by atoms with Crippen LogP contribution in [0.5, 0.6) is 5.75 Å². The average Bonchev–Trinajstić information content (AvgIpc) is 3.49. The highest BCUT2D eigenvalue weighted by Gasteiger charge is 2.74. The first-order chi connectivity index (χ1) is 16.2. The monoisotopic (exact) mass is 479 g/mol. The van der Waals surface area contributed by atoms with Crippen LogP contribution in [0.4, 0.5) is 11.4 Å². The summed E-state index contributed by atoms with van der Waals surface area (Å²) in [6, 6.07) is 7.22. The summed E-state index contributed by atoms with van der Waals surface area (Å²) in [6.07, 6.45) is 1.66. The van der Waals surface area contributed by atoms with Crippen LogP contribution in [0.25, 0.3) is 0 Å². The SMILES string of the molecule is COc1cc(Cl)c(C)cc1N1C(=O)[C@@H]2[C@H]3CCCN3[C@@]3(C(=O)Nc4c(C)cc(C)cc43)[C@@H]2C1=O. The van der Waals surface area contributed by atoms with Crippen LogP contribution in [0.3, 0.4) is 0 Å². The number of amides is 3. The molecular formula is C26H26ClN3O4. The van der Waals surface area contributed by atoms with Gasteiger partial charge in [0, 0.05) is 28.4 Å². The number of ether oxygens (including phenoxy) is 1. The molecule has 4 aliphatic rings. The van der Waals surface area contributed by atoms with E-state index in [1.807, 2.05) is 32.9 Å². The van der Waals surface area contributed by atoms with Crippen LogP contribution in [-0.4, -0.2) is 42.3 Å². The fourth-order valence-electron chi connectivity index (χ4n) is 6.88. The minimum atomic E-state index is -1.19. The van der Waals surface area contributed by atoms with Crippen molar-refractivity contribution in [2.45, 2.75) is 45.2 Å². The van der Waals surface area contributed by atoms with E-state index in [1.54, 1.807) is 12.1 Å². The molecule has 8 heteroatoms. The molecule has 0 radical (unpaired) electrons. The number of benzene rings is 2. The molecule has 0 aromatic heterocycles. The molecule has 4 aliphatic heterocycles. The Balaban J connectivity index is 1.58. The van der Waals surface area contributed by atoms with Gasteiger partial charge in [0.05, 0.1) is 24.6 Å². The smallest absolute Gasteiger partial charge is 0.250 e. The molecule has 3 fully saturated rings. The Morgan fingerprint density at radius 1 is 1.06 bits per heavy atom. The van der Waals surface area contributed by atoms with Gasteiger partial charge in [-0.3, -0.25) is 19.3 Å². The van der Waals surface area contributed by atoms with Crippen molar-refractivity contribution in [1.82, 2.24) is 4.90 Å². The van der Waals surface area contributed by atoms with Crippen LogP contribution in [0, 0.1) is 32.6 Å². The van der Waals surface area contributed by atoms with Crippen LogP contribution in [0.2, 0.25) is 5.02 Å². The van der Waals surface area contributed by atoms with Crippen molar-refractivity contribution in [3.05, 3.63) is 51.5 Å². The predicted octanol–water partition coefficient (Wildman–Crippen LogP) is 3.71. The van der Waals surface area contributed by atoms with Crippen LogP contribution in [-0.2, 0) is 19.9 Å². The number of halogens is 1. The van der Waals surface area contributed by atoms with Gasteiger partial charge in [0.25, 0.3) is 0 Å². The topological polar surface area (TPSA) is 79.0 Å². The van der Waals surface area contributed by atoms with Crippen LogP contribution < -0.4 is 15.0 Å². The Morgan fingerprint density at radius 3 is 2.56 bits per heavy atom.